The van der Waals surface area contributed by atoms with E-state index in [1.165, 1.54) is 6.07 Å². The average molecular weight is 280 g/mol. The Balaban J connectivity index is 2.36. The van der Waals surface area contributed by atoms with Crippen LogP contribution in [0.1, 0.15) is 10.4 Å². The Hall–Kier alpha value is -1.83. The van der Waals surface area contributed by atoms with Crippen molar-refractivity contribution in [3.63, 3.8) is 0 Å². The highest BCUT2D eigenvalue weighted by Gasteiger charge is 2.27. The maximum absolute atomic E-state index is 12.7. The topological polar surface area (TPSA) is 64.4 Å². The fourth-order valence-corrected chi connectivity index (χ4v) is 1.26. The predicted molar refractivity (Wildman–Crippen MR) is 60.0 cm³/mol. The van der Waals surface area contributed by atoms with E-state index in [0.29, 0.717) is 0 Å². The van der Waals surface area contributed by atoms with Crippen LogP contribution in [0.15, 0.2) is 18.2 Å². The van der Waals surface area contributed by atoms with Crippen LogP contribution in [-0.4, -0.2) is 31.8 Å². The van der Waals surface area contributed by atoms with Crippen LogP contribution < -0.4 is 11.1 Å². The first kappa shape index (κ1) is 15.2. The lowest BCUT2D eigenvalue weighted by Gasteiger charge is -2.09. The first-order chi connectivity index (χ1) is 8.79. The summed E-state index contributed by atoms with van der Waals surface area (Å²) >= 11 is 0. The van der Waals surface area contributed by atoms with Crippen LogP contribution in [-0.2, 0) is 4.74 Å². The molecule has 0 fully saturated rings. The van der Waals surface area contributed by atoms with E-state index in [0.717, 1.165) is 12.1 Å². The number of hydrogen-bond donors (Lipinski definition) is 2. The number of nitrogen functional groups attached to an aromatic ring is 1. The van der Waals surface area contributed by atoms with E-state index in [2.05, 4.69) is 10.1 Å². The Bertz CT molecular complexity index is 449. The van der Waals surface area contributed by atoms with Crippen molar-refractivity contribution >= 4 is 11.6 Å². The monoisotopic (exact) mass is 280 g/mol. The molecule has 0 aliphatic rings. The number of nitrogens with two attached hydrogens (primary N) is 1. The second-order valence-electron chi connectivity index (χ2n) is 3.66. The zero-order valence-corrected chi connectivity index (χ0v) is 9.76. The van der Waals surface area contributed by atoms with Crippen molar-refractivity contribution < 1.29 is 27.1 Å². The molecule has 0 aliphatic heterocycles. The maximum Gasteiger partial charge on any atom is 0.411 e. The normalized spacial score (nSPS) is 11.4. The van der Waals surface area contributed by atoms with E-state index in [4.69, 9.17) is 5.73 Å². The van der Waals surface area contributed by atoms with Crippen LogP contribution >= 0.6 is 0 Å². The number of carbonyl (C=O) groups excluding carboxylic acids is 1. The Morgan fingerprint density at radius 3 is 2.63 bits per heavy atom. The second-order valence-corrected chi connectivity index (χ2v) is 3.66. The molecule has 1 amide bonds. The molecule has 19 heavy (non-hydrogen) atoms. The molecule has 0 atom stereocenters. The van der Waals surface area contributed by atoms with Crippen LogP contribution in [0.5, 0.6) is 0 Å². The summed E-state index contributed by atoms with van der Waals surface area (Å²) in [6.07, 6.45) is -4.40. The van der Waals surface area contributed by atoms with Crippen LogP contribution in [0.3, 0.4) is 0 Å². The maximum atomic E-state index is 12.7. The minimum atomic E-state index is -4.40. The lowest BCUT2D eigenvalue weighted by Crippen LogP contribution is -2.29. The van der Waals surface area contributed by atoms with Gasteiger partial charge in [-0.2, -0.15) is 13.2 Å². The lowest BCUT2D eigenvalue weighted by molar-refractivity contribution is -0.173. The standard InChI is InChI=1S/C11H12F4N2O2/c12-7-1-2-8(9(16)5-7)10(18)17-3-4-19-6-11(13,14)15/h1-2,5H,3-4,6,16H2,(H,17,18). The summed E-state index contributed by atoms with van der Waals surface area (Å²) < 4.78 is 52.2. The fourth-order valence-electron chi connectivity index (χ4n) is 1.26. The molecule has 106 valence electrons. The summed E-state index contributed by atoms with van der Waals surface area (Å²) in [5.74, 6) is -1.18. The molecule has 0 saturated heterocycles. The van der Waals surface area contributed by atoms with Gasteiger partial charge in [0.2, 0.25) is 0 Å². The summed E-state index contributed by atoms with van der Waals surface area (Å²) in [5.41, 5.74) is 5.43. The molecule has 0 unspecified atom stereocenters. The molecule has 0 bridgehead atoms. The largest absolute Gasteiger partial charge is 0.411 e. The Labute approximate surface area is 106 Å². The number of ether oxygens (including phenoxy) is 1. The van der Waals surface area contributed by atoms with Gasteiger partial charge < -0.3 is 15.8 Å². The Morgan fingerprint density at radius 1 is 1.37 bits per heavy atom. The van der Waals surface area contributed by atoms with Gasteiger partial charge in [-0.3, -0.25) is 4.79 Å². The highest BCUT2D eigenvalue weighted by molar-refractivity contribution is 5.99. The minimum absolute atomic E-state index is 0.0475. The molecule has 4 nitrogen and oxygen atoms in total. The molecule has 0 radical (unpaired) electrons. The van der Waals surface area contributed by atoms with Crippen molar-refractivity contribution in [2.45, 2.75) is 6.18 Å². The van der Waals surface area contributed by atoms with Gasteiger partial charge in [-0.1, -0.05) is 0 Å². The molecule has 0 spiro atoms. The molecular formula is C11H12F4N2O2. The Morgan fingerprint density at radius 2 is 2.05 bits per heavy atom. The summed E-state index contributed by atoms with van der Waals surface area (Å²) in [4.78, 5) is 11.5. The van der Waals surface area contributed by atoms with E-state index in [1.807, 2.05) is 0 Å². The first-order valence-corrected chi connectivity index (χ1v) is 5.27. The highest BCUT2D eigenvalue weighted by Crippen LogP contribution is 2.14. The van der Waals surface area contributed by atoms with E-state index in [-0.39, 0.29) is 24.4 Å². The van der Waals surface area contributed by atoms with Gasteiger partial charge >= 0.3 is 6.18 Å². The third-order valence-corrected chi connectivity index (χ3v) is 2.06. The fraction of sp³-hybridized carbons (Fsp3) is 0.364. The number of halogens is 4. The van der Waals surface area contributed by atoms with Crippen molar-refractivity contribution in [3.05, 3.63) is 29.6 Å². The van der Waals surface area contributed by atoms with Crippen LogP contribution in [0.4, 0.5) is 23.2 Å². The third kappa shape index (κ3) is 5.56. The highest BCUT2D eigenvalue weighted by atomic mass is 19.4. The Kier molecular flexibility index (Phi) is 5.11. The molecule has 0 aliphatic carbocycles. The summed E-state index contributed by atoms with van der Waals surface area (Å²) in [6, 6.07) is 3.23. The smallest absolute Gasteiger partial charge is 0.398 e. The molecule has 8 heteroatoms. The molecule has 0 saturated carbocycles. The van der Waals surface area contributed by atoms with Gasteiger partial charge in [0.1, 0.15) is 12.4 Å². The van der Waals surface area contributed by atoms with Crippen molar-refractivity contribution in [1.29, 1.82) is 0 Å². The predicted octanol–water partition coefficient (Wildman–Crippen LogP) is 1.72. The van der Waals surface area contributed by atoms with E-state index in [9.17, 15) is 22.4 Å². The number of alkyl halides is 3. The number of rotatable bonds is 5. The zero-order chi connectivity index (χ0) is 14.5. The van der Waals surface area contributed by atoms with Crippen molar-refractivity contribution in [1.82, 2.24) is 5.32 Å². The number of amides is 1. The van der Waals surface area contributed by atoms with Gasteiger partial charge in [0.25, 0.3) is 5.91 Å². The first-order valence-electron chi connectivity index (χ1n) is 5.27. The number of carbonyl (C=O) groups is 1. The molecular weight excluding hydrogens is 268 g/mol. The van der Waals surface area contributed by atoms with Crippen molar-refractivity contribution in [3.8, 4) is 0 Å². The number of hydrogen-bond acceptors (Lipinski definition) is 3. The molecule has 0 aromatic heterocycles. The van der Waals surface area contributed by atoms with Gasteiger partial charge in [-0.15, -0.1) is 0 Å². The van der Waals surface area contributed by atoms with E-state index in [1.54, 1.807) is 0 Å². The summed E-state index contributed by atoms with van der Waals surface area (Å²) in [6.45, 7) is -1.76. The van der Waals surface area contributed by atoms with Crippen LogP contribution in [0, 0.1) is 5.82 Å². The van der Waals surface area contributed by atoms with Crippen molar-refractivity contribution in [2.24, 2.45) is 0 Å². The number of benzene rings is 1. The lowest BCUT2D eigenvalue weighted by atomic mass is 10.1. The molecule has 1 rings (SSSR count). The molecule has 1 aromatic rings. The van der Waals surface area contributed by atoms with E-state index >= 15 is 0 Å². The zero-order valence-electron chi connectivity index (χ0n) is 9.76. The van der Waals surface area contributed by atoms with Gasteiger partial charge in [0.15, 0.2) is 0 Å². The average Bonchev–Trinajstić information content (AvgIpc) is 2.26. The van der Waals surface area contributed by atoms with Crippen molar-refractivity contribution in [2.75, 3.05) is 25.5 Å². The van der Waals surface area contributed by atoms with Gasteiger partial charge in [-0.05, 0) is 18.2 Å². The third-order valence-electron chi connectivity index (χ3n) is 2.06. The second kappa shape index (κ2) is 6.37. The minimum Gasteiger partial charge on any atom is -0.398 e. The quantitative estimate of drug-likeness (QED) is 0.490. The van der Waals surface area contributed by atoms with Crippen LogP contribution in [0.2, 0.25) is 0 Å². The van der Waals surface area contributed by atoms with Gasteiger partial charge in [-0.25, -0.2) is 4.39 Å². The summed E-state index contributed by atoms with van der Waals surface area (Å²) in [5, 5.41) is 2.31. The molecule has 3 N–H and O–H groups in total. The van der Waals surface area contributed by atoms with Gasteiger partial charge in [0, 0.05) is 12.2 Å². The molecule has 0 heterocycles. The van der Waals surface area contributed by atoms with Gasteiger partial charge in [0.05, 0.1) is 12.2 Å². The number of anilines is 1. The van der Waals surface area contributed by atoms with Crippen LogP contribution in [0.25, 0.3) is 0 Å². The number of nitrogens with one attached hydrogen (secondary N) is 1. The SMILES string of the molecule is Nc1cc(F)ccc1C(=O)NCCOCC(F)(F)F. The molecule has 1 aromatic carbocycles. The van der Waals surface area contributed by atoms with E-state index < -0.39 is 24.5 Å². The summed E-state index contributed by atoms with van der Waals surface area (Å²) in [7, 11) is 0.